The molecule has 3 aromatic heterocycles. The van der Waals surface area contributed by atoms with Gasteiger partial charge >= 0.3 is 0 Å². The normalized spacial score (nSPS) is 11.1. The number of aryl methyl sites for hydroxylation is 3. The molecule has 1 N–H and O–H groups in total. The molecule has 5 nitrogen and oxygen atoms in total. The van der Waals surface area contributed by atoms with Crippen molar-refractivity contribution < 1.29 is 4.42 Å². The minimum atomic E-state index is 0.760. The number of fused-ring (bicyclic) bond motifs is 1. The Hall–Kier alpha value is -2.17. The zero-order chi connectivity index (χ0) is 11.7. The molecule has 0 aliphatic heterocycles. The van der Waals surface area contributed by atoms with E-state index in [9.17, 15) is 0 Å². The number of rotatable bonds is 3. The average molecular weight is 228 g/mol. The number of H-pyrrole nitrogens is 1. The fraction of sp³-hybridized carbons (Fsp3) is 0.250. The lowest BCUT2D eigenvalue weighted by Gasteiger charge is -2.01. The van der Waals surface area contributed by atoms with Crippen molar-refractivity contribution in [2.45, 2.75) is 19.8 Å². The monoisotopic (exact) mass is 228 g/mol. The molecule has 0 aliphatic carbocycles. The predicted molar refractivity (Wildman–Crippen MR) is 62.5 cm³/mol. The van der Waals surface area contributed by atoms with E-state index >= 15 is 0 Å². The average Bonchev–Trinajstić information content (AvgIpc) is 2.95. The molecule has 0 aliphatic rings. The maximum absolute atomic E-state index is 5.31. The van der Waals surface area contributed by atoms with Crippen LogP contribution < -0.4 is 0 Å². The quantitative estimate of drug-likeness (QED) is 0.744. The number of hydrogen-bond donors (Lipinski definition) is 1. The molecule has 0 unspecified atom stereocenters. The second-order valence-electron chi connectivity index (χ2n) is 3.93. The van der Waals surface area contributed by atoms with Crippen LogP contribution in [0.25, 0.3) is 11.0 Å². The van der Waals surface area contributed by atoms with Crippen LogP contribution in [0.15, 0.2) is 29.0 Å². The number of furan rings is 1. The third-order valence-corrected chi connectivity index (χ3v) is 2.69. The number of nitrogens with one attached hydrogen (secondary N) is 1. The molecule has 0 atom stereocenters. The Morgan fingerprint density at radius 1 is 1.29 bits per heavy atom. The van der Waals surface area contributed by atoms with Crippen molar-refractivity contribution in [1.82, 2.24) is 20.2 Å². The van der Waals surface area contributed by atoms with E-state index in [2.05, 4.69) is 20.2 Å². The highest BCUT2D eigenvalue weighted by atomic mass is 16.3. The van der Waals surface area contributed by atoms with Crippen LogP contribution in [0.3, 0.4) is 0 Å². The Balaban J connectivity index is 1.91. The molecule has 3 heterocycles. The van der Waals surface area contributed by atoms with Gasteiger partial charge in [-0.3, -0.25) is 5.10 Å². The maximum Gasteiger partial charge on any atom is 0.159 e. The van der Waals surface area contributed by atoms with Crippen molar-refractivity contribution >= 4 is 11.0 Å². The molecule has 3 aromatic rings. The molecule has 0 fully saturated rings. The second kappa shape index (κ2) is 4.01. The molecule has 0 amide bonds. The molecule has 0 radical (unpaired) electrons. The van der Waals surface area contributed by atoms with E-state index in [4.69, 9.17) is 4.42 Å². The molecule has 0 saturated heterocycles. The fourth-order valence-electron chi connectivity index (χ4n) is 1.91. The van der Waals surface area contributed by atoms with E-state index in [0.717, 1.165) is 41.2 Å². The van der Waals surface area contributed by atoms with Gasteiger partial charge in [-0.25, -0.2) is 9.97 Å². The van der Waals surface area contributed by atoms with Crippen molar-refractivity contribution in [3.8, 4) is 0 Å². The molecule has 17 heavy (non-hydrogen) atoms. The summed E-state index contributed by atoms with van der Waals surface area (Å²) >= 11 is 0. The summed E-state index contributed by atoms with van der Waals surface area (Å²) in [4.78, 5) is 8.75. The summed E-state index contributed by atoms with van der Waals surface area (Å²) in [5.74, 6) is 1.73. The first-order valence-corrected chi connectivity index (χ1v) is 5.52. The Labute approximate surface area is 97.9 Å². The molecule has 0 spiro atoms. The van der Waals surface area contributed by atoms with Crippen LogP contribution in [-0.2, 0) is 12.8 Å². The van der Waals surface area contributed by atoms with Crippen molar-refractivity contribution in [2.75, 3.05) is 0 Å². The molecule has 0 bridgehead atoms. The van der Waals surface area contributed by atoms with Gasteiger partial charge in [0.1, 0.15) is 11.6 Å². The summed E-state index contributed by atoms with van der Waals surface area (Å²) < 4.78 is 5.31. The Kier molecular flexibility index (Phi) is 2.36. The van der Waals surface area contributed by atoms with E-state index in [0.29, 0.717) is 0 Å². The number of nitrogens with zero attached hydrogens (tertiary/aromatic N) is 3. The second-order valence-corrected chi connectivity index (χ2v) is 3.93. The number of aromatic amines is 1. The lowest BCUT2D eigenvalue weighted by atomic mass is 10.1. The van der Waals surface area contributed by atoms with E-state index in [1.54, 1.807) is 12.5 Å². The largest absolute Gasteiger partial charge is 0.469 e. The molecule has 5 heteroatoms. The Bertz CT molecular complexity index is 627. The zero-order valence-electron chi connectivity index (χ0n) is 9.47. The van der Waals surface area contributed by atoms with Gasteiger partial charge in [0.15, 0.2) is 5.65 Å². The van der Waals surface area contributed by atoms with Gasteiger partial charge in [0.05, 0.1) is 23.5 Å². The van der Waals surface area contributed by atoms with Crippen LogP contribution >= 0.6 is 0 Å². The zero-order valence-corrected chi connectivity index (χ0v) is 9.47. The van der Waals surface area contributed by atoms with Crippen molar-refractivity contribution in [2.24, 2.45) is 0 Å². The van der Waals surface area contributed by atoms with Gasteiger partial charge in [0.2, 0.25) is 0 Å². The summed E-state index contributed by atoms with van der Waals surface area (Å²) in [6.45, 7) is 1.89. The van der Waals surface area contributed by atoms with Crippen molar-refractivity contribution in [1.29, 1.82) is 0 Å². The summed E-state index contributed by atoms with van der Waals surface area (Å²) in [6, 6.07) is 3.87. The first-order chi connectivity index (χ1) is 8.33. The third-order valence-electron chi connectivity index (χ3n) is 2.69. The van der Waals surface area contributed by atoms with E-state index in [1.165, 1.54) is 0 Å². The van der Waals surface area contributed by atoms with Crippen LogP contribution in [0.1, 0.15) is 17.3 Å². The SMILES string of the molecule is Cc1nc(CCc2ccco2)c2cn[nH]c2n1. The Morgan fingerprint density at radius 2 is 2.24 bits per heavy atom. The first-order valence-electron chi connectivity index (χ1n) is 5.52. The van der Waals surface area contributed by atoms with Crippen LogP contribution in [-0.4, -0.2) is 20.2 Å². The molecule has 0 saturated carbocycles. The van der Waals surface area contributed by atoms with E-state index in [1.807, 2.05) is 19.1 Å². The van der Waals surface area contributed by atoms with E-state index < -0.39 is 0 Å². The van der Waals surface area contributed by atoms with Crippen molar-refractivity contribution in [3.05, 3.63) is 41.9 Å². The Morgan fingerprint density at radius 3 is 3.06 bits per heavy atom. The van der Waals surface area contributed by atoms with Crippen LogP contribution in [0, 0.1) is 6.92 Å². The van der Waals surface area contributed by atoms with Crippen molar-refractivity contribution in [3.63, 3.8) is 0 Å². The van der Waals surface area contributed by atoms with Gasteiger partial charge in [-0.2, -0.15) is 5.10 Å². The molecule has 0 aromatic carbocycles. The summed E-state index contributed by atoms with van der Waals surface area (Å²) in [6.07, 6.45) is 5.12. The lowest BCUT2D eigenvalue weighted by Crippen LogP contribution is -1.98. The number of aromatic nitrogens is 4. The maximum atomic E-state index is 5.31. The molecular weight excluding hydrogens is 216 g/mol. The number of hydrogen-bond acceptors (Lipinski definition) is 4. The van der Waals surface area contributed by atoms with Gasteiger partial charge < -0.3 is 4.42 Å². The van der Waals surface area contributed by atoms with Crippen LogP contribution in [0.5, 0.6) is 0 Å². The van der Waals surface area contributed by atoms with E-state index in [-0.39, 0.29) is 0 Å². The van der Waals surface area contributed by atoms with Gasteiger partial charge in [-0.1, -0.05) is 0 Å². The summed E-state index contributed by atoms with van der Waals surface area (Å²) in [5.41, 5.74) is 1.81. The molecule has 86 valence electrons. The van der Waals surface area contributed by atoms with Gasteiger partial charge in [-0.15, -0.1) is 0 Å². The molecule has 3 rings (SSSR count). The topological polar surface area (TPSA) is 67.6 Å². The highest BCUT2D eigenvalue weighted by Crippen LogP contribution is 2.15. The van der Waals surface area contributed by atoms with Gasteiger partial charge in [-0.05, 0) is 25.5 Å². The van der Waals surface area contributed by atoms with Gasteiger partial charge in [0, 0.05) is 6.42 Å². The first kappa shape index (κ1) is 10.0. The van der Waals surface area contributed by atoms with Crippen LogP contribution in [0.4, 0.5) is 0 Å². The van der Waals surface area contributed by atoms with Gasteiger partial charge in [0.25, 0.3) is 0 Å². The minimum Gasteiger partial charge on any atom is -0.469 e. The lowest BCUT2D eigenvalue weighted by molar-refractivity contribution is 0.508. The molecular formula is C12H12N4O. The summed E-state index contributed by atoms with van der Waals surface area (Å²) in [7, 11) is 0. The highest BCUT2D eigenvalue weighted by molar-refractivity contribution is 5.76. The standard InChI is InChI=1S/C12H12N4O/c1-8-14-11(5-4-9-3-2-6-17-9)10-7-13-16-12(10)15-8/h2-3,6-7H,4-5H2,1H3,(H,13,14,15,16). The van der Waals surface area contributed by atoms with Crippen LogP contribution in [0.2, 0.25) is 0 Å². The smallest absolute Gasteiger partial charge is 0.159 e. The summed E-state index contributed by atoms with van der Waals surface area (Å²) in [5, 5.41) is 7.85. The third kappa shape index (κ3) is 1.91. The fourth-order valence-corrected chi connectivity index (χ4v) is 1.91. The minimum absolute atomic E-state index is 0.760. The predicted octanol–water partition coefficient (Wildman–Crippen LogP) is 2.04. The highest BCUT2D eigenvalue weighted by Gasteiger charge is 2.08.